The first-order chi connectivity index (χ1) is 9.51. The minimum Gasteiger partial charge on any atom is -0.292 e. The van der Waals surface area contributed by atoms with E-state index in [1.54, 1.807) is 24.8 Å². The van der Waals surface area contributed by atoms with E-state index in [4.69, 9.17) is 0 Å². The number of alkyl halides is 3. The Morgan fingerprint density at radius 2 is 1.86 bits per heavy atom. The first-order valence-electron chi connectivity index (χ1n) is 6.62. The smallest absolute Gasteiger partial charge is 0.292 e. The summed E-state index contributed by atoms with van der Waals surface area (Å²) in [5.74, 6) is -0.0429. The minimum atomic E-state index is -4.40. The van der Waals surface area contributed by atoms with Crippen LogP contribution in [0.4, 0.5) is 13.2 Å². The fourth-order valence-corrected chi connectivity index (χ4v) is 4.59. The van der Waals surface area contributed by atoms with Crippen molar-refractivity contribution < 1.29 is 21.6 Å². The Bertz CT molecular complexity index is 623. The maximum atomic E-state index is 13.0. The van der Waals surface area contributed by atoms with Gasteiger partial charge >= 0.3 is 6.18 Å². The lowest BCUT2D eigenvalue weighted by Gasteiger charge is -2.42. The van der Waals surface area contributed by atoms with Crippen LogP contribution in [-0.4, -0.2) is 36.9 Å². The predicted molar refractivity (Wildman–Crippen MR) is 74.6 cm³/mol. The monoisotopic (exact) mass is 321 g/mol. The number of hydrogen-bond acceptors (Lipinski definition) is 3. The lowest BCUT2D eigenvalue weighted by Crippen LogP contribution is -2.54. The Kier molecular flexibility index (Phi) is 4.10. The summed E-state index contributed by atoms with van der Waals surface area (Å²) in [6.07, 6.45) is -4.40. The van der Waals surface area contributed by atoms with Crippen LogP contribution in [0.1, 0.15) is 25.0 Å². The molecule has 0 aliphatic carbocycles. The molecule has 1 aromatic carbocycles. The molecule has 0 bridgehead atoms. The van der Waals surface area contributed by atoms with Crippen LogP contribution >= 0.6 is 0 Å². The van der Waals surface area contributed by atoms with Crippen LogP contribution in [0.3, 0.4) is 0 Å². The molecule has 3 nitrogen and oxygen atoms in total. The van der Waals surface area contributed by atoms with Crippen molar-refractivity contribution in [3.05, 3.63) is 35.4 Å². The Hall–Kier alpha value is -1.08. The van der Waals surface area contributed by atoms with Gasteiger partial charge in [-0.25, -0.2) is 8.42 Å². The van der Waals surface area contributed by atoms with E-state index in [2.05, 4.69) is 0 Å². The predicted octanol–water partition coefficient (Wildman–Crippen LogP) is 2.71. The van der Waals surface area contributed by atoms with E-state index in [1.165, 1.54) is 12.1 Å². The molecular weight excluding hydrogens is 303 g/mol. The van der Waals surface area contributed by atoms with Gasteiger partial charge in [0.15, 0.2) is 9.84 Å². The zero-order valence-corrected chi connectivity index (χ0v) is 12.8. The van der Waals surface area contributed by atoms with Gasteiger partial charge in [-0.05, 0) is 25.5 Å². The van der Waals surface area contributed by atoms with Gasteiger partial charge in [0, 0.05) is 18.6 Å². The van der Waals surface area contributed by atoms with Crippen molar-refractivity contribution in [2.45, 2.75) is 32.1 Å². The van der Waals surface area contributed by atoms with E-state index < -0.39 is 27.1 Å². The molecule has 0 atom stereocenters. The second kappa shape index (κ2) is 5.28. The number of benzene rings is 1. The van der Waals surface area contributed by atoms with Crippen molar-refractivity contribution in [3.8, 4) is 0 Å². The Morgan fingerprint density at radius 3 is 2.43 bits per heavy atom. The fourth-order valence-electron chi connectivity index (χ4n) is 2.69. The van der Waals surface area contributed by atoms with Gasteiger partial charge in [-0.1, -0.05) is 18.2 Å². The topological polar surface area (TPSA) is 37.4 Å². The fraction of sp³-hybridized carbons (Fsp3) is 0.571. The molecule has 0 amide bonds. The van der Waals surface area contributed by atoms with Crippen LogP contribution < -0.4 is 0 Å². The normalized spacial score (nSPS) is 22.1. The summed E-state index contributed by atoms with van der Waals surface area (Å²) in [5.41, 5.74) is -1.15. The molecule has 1 fully saturated rings. The highest BCUT2D eigenvalue weighted by Gasteiger charge is 2.39. The zero-order valence-electron chi connectivity index (χ0n) is 11.9. The van der Waals surface area contributed by atoms with Crippen molar-refractivity contribution in [3.63, 3.8) is 0 Å². The summed E-state index contributed by atoms with van der Waals surface area (Å²) in [6, 6.07) is 5.43. The lowest BCUT2D eigenvalue weighted by molar-refractivity contribution is -0.138. The van der Waals surface area contributed by atoms with Crippen LogP contribution in [0, 0.1) is 0 Å². The molecule has 1 aliphatic heterocycles. The second-order valence-electron chi connectivity index (χ2n) is 5.98. The quantitative estimate of drug-likeness (QED) is 0.840. The van der Waals surface area contributed by atoms with Crippen molar-refractivity contribution in [2.24, 2.45) is 0 Å². The van der Waals surface area contributed by atoms with E-state index in [0.29, 0.717) is 0 Å². The van der Waals surface area contributed by atoms with Gasteiger partial charge in [0.1, 0.15) is 0 Å². The van der Waals surface area contributed by atoms with E-state index in [-0.39, 0.29) is 30.2 Å². The van der Waals surface area contributed by atoms with Gasteiger partial charge in [0.05, 0.1) is 17.1 Å². The average Bonchev–Trinajstić information content (AvgIpc) is 2.30. The largest absolute Gasteiger partial charge is 0.416 e. The second-order valence-corrected chi connectivity index (χ2v) is 8.16. The van der Waals surface area contributed by atoms with Crippen molar-refractivity contribution in [2.75, 3.05) is 18.1 Å². The number of sulfone groups is 1. The summed E-state index contributed by atoms with van der Waals surface area (Å²) in [7, 11) is -3.12. The lowest BCUT2D eigenvalue weighted by atomic mass is 10.0. The molecule has 1 saturated heterocycles. The molecule has 118 valence electrons. The van der Waals surface area contributed by atoms with Gasteiger partial charge in [0.25, 0.3) is 0 Å². The molecule has 0 N–H and O–H groups in total. The van der Waals surface area contributed by atoms with Gasteiger partial charge in [-0.15, -0.1) is 0 Å². The molecule has 1 aromatic rings. The van der Waals surface area contributed by atoms with Crippen molar-refractivity contribution in [1.29, 1.82) is 0 Å². The van der Waals surface area contributed by atoms with Crippen LogP contribution in [0.5, 0.6) is 0 Å². The highest BCUT2D eigenvalue weighted by Crippen LogP contribution is 2.34. The first kappa shape index (κ1) is 16.3. The molecule has 0 radical (unpaired) electrons. The molecule has 0 spiro atoms. The molecule has 1 aliphatic rings. The Morgan fingerprint density at radius 1 is 1.24 bits per heavy atom. The molecule has 7 heteroatoms. The summed E-state index contributed by atoms with van der Waals surface area (Å²) >= 11 is 0. The van der Waals surface area contributed by atoms with Crippen LogP contribution in [-0.2, 0) is 22.6 Å². The van der Waals surface area contributed by atoms with E-state index in [9.17, 15) is 21.6 Å². The maximum absolute atomic E-state index is 13.0. The molecule has 0 unspecified atom stereocenters. The minimum absolute atomic E-state index is 0.00931. The van der Waals surface area contributed by atoms with E-state index in [1.807, 2.05) is 0 Å². The Labute approximate surface area is 122 Å². The highest BCUT2D eigenvalue weighted by atomic mass is 32.2. The standard InChI is InChI=1S/C14H18F3NO2S/c1-13(2)10-21(19,20)8-7-18(13)9-11-5-3-4-6-12(11)14(15,16)17/h3-6H,7-10H2,1-2H3. The Balaban J connectivity index is 2.27. The molecule has 21 heavy (non-hydrogen) atoms. The van der Waals surface area contributed by atoms with Crippen LogP contribution in [0.15, 0.2) is 24.3 Å². The van der Waals surface area contributed by atoms with Gasteiger partial charge in [-0.2, -0.15) is 13.2 Å². The summed E-state index contributed by atoms with van der Waals surface area (Å²) in [4.78, 5) is 1.80. The number of hydrogen-bond donors (Lipinski definition) is 0. The zero-order chi connectivity index (χ0) is 15.9. The third-order valence-electron chi connectivity index (χ3n) is 3.79. The SMILES string of the molecule is CC1(C)CS(=O)(=O)CCN1Cc1ccccc1C(F)(F)F. The molecule has 0 aromatic heterocycles. The molecular formula is C14H18F3NO2S. The first-order valence-corrected chi connectivity index (χ1v) is 8.44. The number of nitrogens with zero attached hydrogens (tertiary/aromatic N) is 1. The van der Waals surface area contributed by atoms with Gasteiger partial charge < -0.3 is 0 Å². The number of rotatable bonds is 2. The van der Waals surface area contributed by atoms with Crippen LogP contribution in [0.2, 0.25) is 0 Å². The summed E-state index contributed by atoms with van der Waals surface area (Å²) in [6.45, 7) is 3.85. The number of halogens is 3. The third kappa shape index (κ3) is 3.77. The molecule has 2 rings (SSSR count). The molecule has 1 heterocycles. The van der Waals surface area contributed by atoms with Crippen molar-refractivity contribution >= 4 is 9.84 Å². The average molecular weight is 321 g/mol. The summed E-state index contributed by atoms with van der Waals surface area (Å²) < 4.78 is 62.4. The van der Waals surface area contributed by atoms with Gasteiger partial charge in [0.2, 0.25) is 0 Å². The highest BCUT2D eigenvalue weighted by molar-refractivity contribution is 7.91. The van der Waals surface area contributed by atoms with Crippen molar-refractivity contribution in [1.82, 2.24) is 4.90 Å². The van der Waals surface area contributed by atoms with E-state index >= 15 is 0 Å². The van der Waals surface area contributed by atoms with Crippen LogP contribution in [0.25, 0.3) is 0 Å². The molecule has 0 saturated carbocycles. The van der Waals surface area contributed by atoms with Gasteiger partial charge in [-0.3, -0.25) is 4.90 Å². The summed E-state index contributed by atoms with van der Waals surface area (Å²) in [5, 5.41) is 0. The van der Waals surface area contributed by atoms with E-state index in [0.717, 1.165) is 6.07 Å². The third-order valence-corrected chi connectivity index (χ3v) is 5.74. The maximum Gasteiger partial charge on any atom is 0.416 e.